The zero-order valence-electron chi connectivity index (χ0n) is 12.5. The summed E-state index contributed by atoms with van der Waals surface area (Å²) in [5.74, 6) is -0.506. The van der Waals surface area contributed by atoms with Gasteiger partial charge in [0.15, 0.2) is 0 Å². The van der Waals surface area contributed by atoms with Crippen LogP contribution < -0.4 is 5.32 Å². The molecule has 0 radical (unpaired) electrons. The lowest BCUT2D eigenvalue weighted by Gasteiger charge is -2.25. The Balaban J connectivity index is 1.87. The molecular weight excluding hydrogens is 266 g/mol. The Morgan fingerprint density at radius 2 is 2.14 bits per heavy atom. The maximum absolute atomic E-state index is 12.1. The summed E-state index contributed by atoms with van der Waals surface area (Å²) in [4.78, 5) is 22.6. The Labute approximate surface area is 125 Å². The Bertz CT molecular complexity index is 513. The minimum atomic E-state index is -0.822. The van der Waals surface area contributed by atoms with Crippen LogP contribution in [0.2, 0.25) is 0 Å². The predicted molar refractivity (Wildman–Crippen MR) is 81.2 cm³/mol. The molecule has 2 rings (SSSR count). The largest absolute Gasteiger partial charge is 0.481 e. The molecule has 0 saturated heterocycles. The highest BCUT2D eigenvalue weighted by atomic mass is 16.4. The molecule has 0 heterocycles. The third-order valence-corrected chi connectivity index (χ3v) is 4.12. The number of hydrogen-bond acceptors (Lipinski definition) is 2. The molecule has 0 saturated carbocycles. The van der Waals surface area contributed by atoms with E-state index in [1.54, 1.807) is 0 Å². The predicted octanol–water partition coefficient (Wildman–Crippen LogP) is 2.87. The molecule has 114 valence electrons. The minimum Gasteiger partial charge on any atom is -0.481 e. The standard InChI is InChI=1S/C17H23NO3/c1-12(9-10-17(20)21)18-16(19)11-14-7-4-6-13-5-2-3-8-15(13)14/h2-3,5,8,12,14H,4,6-7,9-11H2,1H3,(H,18,19)(H,20,21). The summed E-state index contributed by atoms with van der Waals surface area (Å²) in [5, 5.41) is 11.6. The van der Waals surface area contributed by atoms with Crippen LogP contribution in [0, 0.1) is 0 Å². The fourth-order valence-corrected chi connectivity index (χ4v) is 3.04. The highest BCUT2D eigenvalue weighted by Gasteiger charge is 2.22. The number of fused-ring (bicyclic) bond motifs is 1. The molecule has 2 N–H and O–H groups in total. The van der Waals surface area contributed by atoms with Gasteiger partial charge in [-0.15, -0.1) is 0 Å². The summed E-state index contributed by atoms with van der Waals surface area (Å²) in [7, 11) is 0. The van der Waals surface area contributed by atoms with E-state index in [1.807, 2.05) is 13.0 Å². The normalized spacial score (nSPS) is 18.6. The quantitative estimate of drug-likeness (QED) is 0.846. The molecular formula is C17H23NO3. The molecule has 1 aliphatic carbocycles. The molecule has 2 atom stereocenters. The Morgan fingerprint density at radius 3 is 2.90 bits per heavy atom. The van der Waals surface area contributed by atoms with Crippen LogP contribution in [0.4, 0.5) is 0 Å². The van der Waals surface area contributed by atoms with Crippen molar-refractivity contribution in [2.75, 3.05) is 0 Å². The summed E-state index contributed by atoms with van der Waals surface area (Å²) in [6, 6.07) is 8.27. The molecule has 1 amide bonds. The Morgan fingerprint density at radius 1 is 1.38 bits per heavy atom. The van der Waals surface area contributed by atoms with Gasteiger partial charge in [0, 0.05) is 18.9 Å². The molecule has 0 fully saturated rings. The van der Waals surface area contributed by atoms with Gasteiger partial charge in [-0.3, -0.25) is 9.59 Å². The van der Waals surface area contributed by atoms with Crippen molar-refractivity contribution < 1.29 is 14.7 Å². The van der Waals surface area contributed by atoms with Crippen molar-refractivity contribution >= 4 is 11.9 Å². The molecule has 0 spiro atoms. The number of amides is 1. The summed E-state index contributed by atoms with van der Waals surface area (Å²) < 4.78 is 0. The van der Waals surface area contributed by atoms with Gasteiger partial charge in [0.1, 0.15) is 0 Å². The van der Waals surface area contributed by atoms with E-state index in [0.717, 1.165) is 19.3 Å². The maximum Gasteiger partial charge on any atom is 0.303 e. The maximum atomic E-state index is 12.1. The average molecular weight is 289 g/mol. The van der Waals surface area contributed by atoms with Gasteiger partial charge in [0.2, 0.25) is 5.91 Å². The summed E-state index contributed by atoms with van der Waals surface area (Å²) in [6.07, 6.45) is 4.34. The molecule has 4 heteroatoms. The number of carboxylic acid groups (broad SMARTS) is 1. The van der Waals surface area contributed by atoms with Crippen molar-refractivity contribution in [2.45, 2.75) is 57.4 Å². The molecule has 21 heavy (non-hydrogen) atoms. The van der Waals surface area contributed by atoms with Gasteiger partial charge in [-0.05, 0) is 49.7 Å². The van der Waals surface area contributed by atoms with E-state index >= 15 is 0 Å². The summed E-state index contributed by atoms with van der Waals surface area (Å²) >= 11 is 0. The number of nitrogens with one attached hydrogen (secondary N) is 1. The number of aliphatic carboxylic acids is 1. The van der Waals surface area contributed by atoms with Crippen molar-refractivity contribution in [1.29, 1.82) is 0 Å². The van der Waals surface area contributed by atoms with Crippen LogP contribution in [0.25, 0.3) is 0 Å². The minimum absolute atomic E-state index is 0.0228. The molecule has 0 aliphatic heterocycles. The van der Waals surface area contributed by atoms with E-state index in [4.69, 9.17) is 5.11 Å². The smallest absolute Gasteiger partial charge is 0.303 e. The molecule has 0 bridgehead atoms. The van der Waals surface area contributed by atoms with Crippen LogP contribution in [0.1, 0.15) is 56.1 Å². The zero-order chi connectivity index (χ0) is 15.2. The van der Waals surface area contributed by atoms with E-state index in [0.29, 0.717) is 18.8 Å². The number of carbonyl (C=O) groups is 2. The molecule has 1 aliphatic rings. The third-order valence-electron chi connectivity index (χ3n) is 4.12. The first kappa shape index (κ1) is 15.5. The number of carboxylic acids is 1. The molecule has 4 nitrogen and oxygen atoms in total. The fourth-order valence-electron chi connectivity index (χ4n) is 3.04. The van der Waals surface area contributed by atoms with E-state index in [9.17, 15) is 9.59 Å². The van der Waals surface area contributed by atoms with Crippen LogP contribution in [0.15, 0.2) is 24.3 Å². The summed E-state index contributed by atoms with van der Waals surface area (Å²) in [5.41, 5.74) is 2.66. The number of carbonyl (C=O) groups excluding carboxylic acids is 1. The van der Waals surface area contributed by atoms with Crippen molar-refractivity contribution in [3.63, 3.8) is 0 Å². The molecule has 1 aromatic rings. The topological polar surface area (TPSA) is 66.4 Å². The van der Waals surface area contributed by atoms with Crippen LogP contribution in [0.5, 0.6) is 0 Å². The van der Waals surface area contributed by atoms with Gasteiger partial charge in [0.05, 0.1) is 0 Å². The first-order chi connectivity index (χ1) is 10.1. The number of benzene rings is 1. The van der Waals surface area contributed by atoms with Crippen LogP contribution in [0.3, 0.4) is 0 Å². The van der Waals surface area contributed by atoms with Crippen LogP contribution in [-0.4, -0.2) is 23.0 Å². The molecule has 2 unspecified atom stereocenters. The van der Waals surface area contributed by atoms with Crippen molar-refractivity contribution in [3.05, 3.63) is 35.4 Å². The van der Waals surface area contributed by atoms with Crippen molar-refractivity contribution in [1.82, 2.24) is 5.32 Å². The van der Waals surface area contributed by atoms with Gasteiger partial charge < -0.3 is 10.4 Å². The second-order valence-corrected chi connectivity index (χ2v) is 5.89. The average Bonchev–Trinajstić information content (AvgIpc) is 2.45. The fraction of sp³-hybridized carbons (Fsp3) is 0.529. The van der Waals surface area contributed by atoms with E-state index in [2.05, 4.69) is 23.5 Å². The van der Waals surface area contributed by atoms with Gasteiger partial charge in [-0.25, -0.2) is 0 Å². The Hall–Kier alpha value is -1.84. The first-order valence-electron chi connectivity index (χ1n) is 7.65. The highest BCUT2D eigenvalue weighted by Crippen LogP contribution is 2.33. The second kappa shape index (κ2) is 7.25. The van der Waals surface area contributed by atoms with E-state index < -0.39 is 5.97 Å². The zero-order valence-corrected chi connectivity index (χ0v) is 12.5. The van der Waals surface area contributed by atoms with Crippen LogP contribution in [-0.2, 0) is 16.0 Å². The SMILES string of the molecule is CC(CCC(=O)O)NC(=O)CC1CCCc2ccccc21. The highest BCUT2D eigenvalue weighted by molar-refractivity contribution is 5.77. The van der Waals surface area contributed by atoms with Gasteiger partial charge in [-0.1, -0.05) is 24.3 Å². The van der Waals surface area contributed by atoms with Crippen molar-refractivity contribution in [3.8, 4) is 0 Å². The third kappa shape index (κ3) is 4.59. The van der Waals surface area contributed by atoms with E-state index in [-0.39, 0.29) is 18.4 Å². The lowest BCUT2D eigenvalue weighted by molar-refractivity contribution is -0.137. The first-order valence-corrected chi connectivity index (χ1v) is 7.65. The van der Waals surface area contributed by atoms with E-state index in [1.165, 1.54) is 11.1 Å². The van der Waals surface area contributed by atoms with Crippen LogP contribution >= 0.6 is 0 Å². The molecule has 1 aromatic carbocycles. The Kier molecular flexibility index (Phi) is 5.37. The lowest BCUT2D eigenvalue weighted by atomic mass is 9.81. The van der Waals surface area contributed by atoms with Gasteiger partial charge >= 0.3 is 5.97 Å². The van der Waals surface area contributed by atoms with Gasteiger partial charge in [-0.2, -0.15) is 0 Å². The monoisotopic (exact) mass is 289 g/mol. The number of rotatable bonds is 6. The second-order valence-electron chi connectivity index (χ2n) is 5.89. The number of hydrogen-bond donors (Lipinski definition) is 2. The van der Waals surface area contributed by atoms with Crippen molar-refractivity contribution in [2.24, 2.45) is 0 Å². The number of aryl methyl sites for hydroxylation is 1. The lowest BCUT2D eigenvalue weighted by Crippen LogP contribution is -2.34. The van der Waals surface area contributed by atoms with Gasteiger partial charge in [0.25, 0.3) is 0 Å². The molecule has 0 aromatic heterocycles. The summed E-state index contributed by atoms with van der Waals surface area (Å²) in [6.45, 7) is 1.86.